The second kappa shape index (κ2) is 5.46. The van der Waals surface area contributed by atoms with Crippen LogP contribution in [0, 0.1) is 0 Å². The molecule has 17 heavy (non-hydrogen) atoms. The number of urea groups is 1. The van der Waals surface area contributed by atoms with Crippen LogP contribution >= 0.6 is 0 Å². The first-order valence-electron chi connectivity index (χ1n) is 4.75. The summed E-state index contributed by atoms with van der Waals surface area (Å²) in [4.78, 5) is 11.2. The maximum atomic E-state index is 11.2. The van der Waals surface area contributed by atoms with Crippen molar-refractivity contribution in [2.75, 3.05) is 5.32 Å². The first kappa shape index (κ1) is 13.2. The van der Waals surface area contributed by atoms with E-state index >= 15 is 0 Å². The summed E-state index contributed by atoms with van der Waals surface area (Å²) in [6.07, 6.45) is 3.15. The van der Waals surface area contributed by atoms with E-state index in [1.165, 1.54) is 30.5 Å². The molecule has 92 valence electrons. The van der Waals surface area contributed by atoms with Gasteiger partial charge in [0.2, 0.25) is 10.0 Å². The van der Waals surface area contributed by atoms with Crippen molar-refractivity contribution in [1.29, 1.82) is 0 Å². The number of carbonyl (C=O) groups excluding carboxylic acids is 1. The number of allylic oxidation sites excluding steroid dienone is 1. The molecule has 0 heterocycles. The average Bonchev–Trinajstić information content (AvgIpc) is 2.26. The number of carbonyl (C=O) groups is 1. The molecule has 6 nitrogen and oxygen atoms in total. The molecule has 0 saturated heterocycles. The van der Waals surface area contributed by atoms with Crippen LogP contribution in [0.4, 0.5) is 10.5 Å². The van der Waals surface area contributed by atoms with Gasteiger partial charge in [-0.25, -0.2) is 18.4 Å². The van der Waals surface area contributed by atoms with E-state index in [4.69, 9.17) is 5.14 Å². The Hall–Kier alpha value is -1.86. The molecule has 0 aliphatic rings. The van der Waals surface area contributed by atoms with Crippen LogP contribution < -0.4 is 15.8 Å². The molecule has 0 aromatic heterocycles. The second-order valence-electron chi connectivity index (χ2n) is 3.17. The van der Waals surface area contributed by atoms with Gasteiger partial charge in [0.1, 0.15) is 0 Å². The van der Waals surface area contributed by atoms with Crippen molar-refractivity contribution >= 4 is 21.7 Å². The lowest BCUT2D eigenvalue weighted by Crippen LogP contribution is -2.23. The van der Waals surface area contributed by atoms with Crippen molar-refractivity contribution in [3.05, 3.63) is 36.5 Å². The van der Waals surface area contributed by atoms with Gasteiger partial charge in [-0.15, -0.1) is 0 Å². The molecule has 0 atom stereocenters. The Kier molecular flexibility index (Phi) is 4.24. The summed E-state index contributed by atoms with van der Waals surface area (Å²) in [7, 11) is -3.70. The van der Waals surface area contributed by atoms with Crippen molar-refractivity contribution in [3.63, 3.8) is 0 Å². The fourth-order valence-electron chi connectivity index (χ4n) is 1.05. The Morgan fingerprint density at radius 2 is 1.88 bits per heavy atom. The second-order valence-corrected chi connectivity index (χ2v) is 4.73. The molecule has 1 aromatic carbocycles. The summed E-state index contributed by atoms with van der Waals surface area (Å²) >= 11 is 0. The van der Waals surface area contributed by atoms with Gasteiger partial charge in [0.15, 0.2) is 0 Å². The van der Waals surface area contributed by atoms with Gasteiger partial charge < -0.3 is 10.6 Å². The zero-order chi connectivity index (χ0) is 12.9. The smallest absolute Gasteiger partial charge is 0.315 e. The van der Waals surface area contributed by atoms with E-state index in [1.54, 1.807) is 13.0 Å². The normalized spacial score (nSPS) is 11.4. The lowest BCUT2D eigenvalue weighted by atomic mass is 10.3. The summed E-state index contributed by atoms with van der Waals surface area (Å²) in [5.74, 6) is 0. The van der Waals surface area contributed by atoms with Crippen molar-refractivity contribution in [1.82, 2.24) is 5.32 Å². The summed E-state index contributed by atoms with van der Waals surface area (Å²) in [6, 6.07) is 5.14. The lowest BCUT2D eigenvalue weighted by Gasteiger charge is -2.05. The third kappa shape index (κ3) is 4.25. The summed E-state index contributed by atoms with van der Waals surface area (Å²) in [5, 5.41) is 9.91. The van der Waals surface area contributed by atoms with E-state index in [0.29, 0.717) is 5.69 Å². The number of sulfonamides is 1. The van der Waals surface area contributed by atoms with Gasteiger partial charge in [-0.05, 0) is 31.2 Å². The minimum absolute atomic E-state index is 0.00286. The highest BCUT2D eigenvalue weighted by atomic mass is 32.2. The zero-order valence-electron chi connectivity index (χ0n) is 9.17. The topological polar surface area (TPSA) is 101 Å². The van der Waals surface area contributed by atoms with Gasteiger partial charge in [-0.3, -0.25) is 0 Å². The molecule has 7 heteroatoms. The van der Waals surface area contributed by atoms with Gasteiger partial charge in [0, 0.05) is 11.9 Å². The number of hydrogen-bond acceptors (Lipinski definition) is 3. The molecule has 1 rings (SSSR count). The molecule has 0 aliphatic heterocycles. The third-order valence-corrected chi connectivity index (χ3v) is 2.75. The standard InChI is InChI=1S/C10H13N3O3S/c1-2-7-12-10(14)13-8-3-5-9(6-4-8)17(11,15)16/h2-7H,1H3,(H2,11,15,16)(H2,12,13,14)/b7-2+. The van der Waals surface area contributed by atoms with E-state index in [-0.39, 0.29) is 4.90 Å². The van der Waals surface area contributed by atoms with Crippen LogP contribution in [0.3, 0.4) is 0 Å². The largest absolute Gasteiger partial charge is 0.323 e. The van der Waals surface area contributed by atoms with E-state index in [2.05, 4.69) is 10.6 Å². The molecular weight excluding hydrogens is 242 g/mol. The minimum atomic E-state index is -3.70. The zero-order valence-corrected chi connectivity index (χ0v) is 9.99. The van der Waals surface area contributed by atoms with E-state index in [0.717, 1.165) is 0 Å². The number of anilines is 1. The Balaban J connectivity index is 2.72. The van der Waals surface area contributed by atoms with Crippen LogP contribution in [-0.4, -0.2) is 14.4 Å². The van der Waals surface area contributed by atoms with Crippen LogP contribution in [0.1, 0.15) is 6.92 Å². The number of primary sulfonamides is 1. The highest BCUT2D eigenvalue weighted by Gasteiger charge is 2.07. The first-order chi connectivity index (χ1) is 7.93. The van der Waals surface area contributed by atoms with Gasteiger partial charge in [0.25, 0.3) is 0 Å². The van der Waals surface area contributed by atoms with Crippen LogP contribution in [0.2, 0.25) is 0 Å². The number of nitrogens with one attached hydrogen (secondary N) is 2. The molecule has 0 unspecified atom stereocenters. The Bertz CT molecular complexity index is 520. The van der Waals surface area contributed by atoms with Crippen LogP contribution in [0.25, 0.3) is 0 Å². The van der Waals surface area contributed by atoms with Crippen molar-refractivity contribution < 1.29 is 13.2 Å². The van der Waals surface area contributed by atoms with Crippen LogP contribution in [0.5, 0.6) is 0 Å². The Morgan fingerprint density at radius 3 is 2.35 bits per heavy atom. The van der Waals surface area contributed by atoms with Crippen molar-refractivity contribution in [2.24, 2.45) is 5.14 Å². The first-order valence-corrected chi connectivity index (χ1v) is 6.29. The predicted molar refractivity (Wildman–Crippen MR) is 64.8 cm³/mol. The number of amides is 2. The van der Waals surface area contributed by atoms with Gasteiger partial charge in [-0.2, -0.15) is 0 Å². The van der Waals surface area contributed by atoms with Gasteiger partial charge >= 0.3 is 6.03 Å². The van der Waals surface area contributed by atoms with E-state index in [9.17, 15) is 13.2 Å². The van der Waals surface area contributed by atoms with Crippen molar-refractivity contribution in [2.45, 2.75) is 11.8 Å². The SMILES string of the molecule is C/C=C/NC(=O)Nc1ccc(S(N)(=O)=O)cc1. The number of benzene rings is 1. The summed E-state index contributed by atoms with van der Waals surface area (Å²) in [6.45, 7) is 1.77. The fraction of sp³-hybridized carbons (Fsp3) is 0.100. The average molecular weight is 255 g/mol. The van der Waals surface area contributed by atoms with Crippen molar-refractivity contribution in [3.8, 4) is 0 Å². The molecule has 4 N–H and O–H groups in total. The molecule has 0 spiro atoms. The molecule has 1 aromatic rings. The maximum absolute atomic E-state index is 11.2. The van der Waals surface area contributed by atoms with Gasteiger partial charge in [-0.1, -0.05) is 6.08 Å². The monoisotopic (exact) mass is 255 g/mol. The quantitative estimate of drug-likeness (QED) is 0.750. The summed E-state index contributed by atoms with van der Waals surface area (Å²) in [5.41, 5.74) is 0.472. The molecule has 0 saturated carbocycles. The molecule has 2 amide bonds. The molecular formula is C10H13N3O3S. The van der Waals surface area contributed by atoms with Gasteiger partial charge in [0.05, 0.1) is 4.90 Å². The molecule has 0 aliphatic carbocycles. The van der Waals surface area contributed by atoms with Crippen LogP contribution in [0.15, 0.2) is 41.4 Å². The Labute approximate surface area is 99.6 Å². The number of hydrogen-bond donors (Lipinski definition) is 3. The van der Waals surface area contributed by atoms with E-state index < -0.39 is 16.1 Å². The van der Waals surface area contributed by atoms with E-state index in [1.807, 2.05) is 0 Å². The third-order valence-electron chi connectivity index (χ3n) is 1.82. The maximum Gasteiger partial charge on any atom is 0.323 e. The summed E-state index contributed by atoms with van der Waals surface area (Å²) < 4.78 is 22.0. The number of nitrogens with two attached hydrogens (primary N) is 1. The molecule has 0 bridgehead atoms. The minimum Gasteiger partial charge on any atom is -0.315 e. The highest BCUT2D eigenvalue weighted by Crippen LogP contribution is 2.12. The predicted octanol–water partition coefficient (Wildman–Crippen LogP) is 0.989. The fourth-order valence-corrected chi connectivity index (χ4v) is 1.57. The Morgan fingerprint density at radius 1 is 1.29 bits per heavy atom. The highest BCUT2D eigenvalue weighted by molar-refractivity contribution is 7.89. The number of rotatable bonds is 3. The molecule has 0 radical (unpaired) electrons. The van der Waals surface area contributed by atoms with Crippen LogP contribution in [-0.2, 0) is 10.0 Å². The molecule has 0 fully saturated rings. The lowest BCUT2D eigenvalue weighted by molar-refractivity contribution is 0.255.